The maximum Gasteiger partial charge on any atom is 0.200 e. The third kappa shape index (κ3) is 2.24. The Hall–Kier alpha value is -2.14. The van der Waals surface area contributed by atoms with E-state index in [2.05, 4.69) is 10.2 Å². The molecule has 0 saturated heterocycles. The van der Waals surface area contributed by atoms with Crippen molar-refractivity contribution >= 4 is 23.2 Å². The second kappa shape index (κ2) is 4.85. The number of rotatable bonds is 3. The van der Waals surface area contributed by atoms with Gasteiger partial charge in [-0.1, -0.05) is 24.3 Å². The third-order valence-electron chi connectivity index (χ3n) is 2.75. The smallest absolute Gasteiger partial charge is 0.200 e. The van der Waals surface area contributed by atoms with Crippen molar-refractivity contribution < 1.29 is 4.79 Å². The number of carbonyl (C=O) groups is 1. The van der Waals surface area contributed by atoms with Crippen molar-refractivity contribution in [2.75, 3.05) is 0 Å². The molecule has 0 atom stereocenters. The highest BCUT2D eigenvalue weighted by Gasteiger charge is 2.11. The van der Waals surface area contributed by atoms with Crippen LogP contribution in [0.25, 0.3) is 5.65 Å². The Kier molecular flexibility index (Phi) is 3.05. The van der Waals surface area contributed by atoms with Crippen LogP contribution in [0.15, 0.2) is 58.7 Å². The Balaban J connectivity index is 2.04. The SMILES string of the molecule is CC(=O)c1ccccc1Sc1nnc2ccccn12. The number of Topliss-reactive ketones (excluding diaryl/α,β-unsaturated/α-hetero) is 1. The summed E-state index contributed by atoms with van der Waals surface area (Å²) in [5.41, 5.74) is 1.51. The van der Waals surface area contributed by atoms with Crippen LogP contribution in [0.5, 0.6) is 0 Å². The lowest BCUT2D eigenvalue weighted by Crippen LogP contribution is -1.95. The van der Waals surface area contributed by atoms with E-state index in [1.165, 1.54) is 11.8 Å². The topological polar surface area (TPSA) is 47.3 Å². The summed E-state index contributed by atoms with van der Waals surface area (Å²) in [6, 6.07) is 13.3. The van der Waals surface area contributed by atoms with Gasteiger partial charge in [0.05, 0.1) is 0 Å². The molecular formula is C14H11N3OS. The fraction of sp³-hybridized carbons (Fsp3) is 0.0714. The molecule has 19 heavy (non-hydrogen) atoms. The highest BCUT2D eigenvalue weighted by atomic mass is 32.2. The average molecular weight is 269 g/mol. The molecule has 0 radical (unpaired) electrons. The molecule has 0 fully saturated rings. The molecule has 94 valence electrons. The molecule has 0 spiro atoms. The molecule has 1 aromatic carbocycles. The number of carbonyl (C=O) groups excluding carboxylic acids is 1. The quantitative estimate of drug-likeness (QED) is 0.685. The van der Waals surface area contributed by atoms with E-state index in [1.807, 2.05) is 53.1 Å². The molecule has 3 aromatic rings. The fourth-order valence-electron chi connectivity index (χ4n) is 1.83. The van der Waals surface area contributed by atoms with Gasteiger partial charge in [-0.25, -0.2) is 0 Å². The molecule has 3 rings (SSSR count). The minimum absolute atomic E-state index is 0.0527. The van der Waals surface area contributed by atoms with Gasteiger partial charge in [-0.3, -0.25) is 9.20 Å². The van der Waals surface area contributed by atoms with E-state index in [4.69, 9.17) is 0 Å². The zero-order valence-corrected chi connectivity index (χ0v) is 11.1. The number of hydrogen-bond donors (Lipinski definition) is 0. The molecule has 0 saturated carbocycles. The zero-order valence-electron chi connectivity index (χ0n) is 10.3. The summed E-state index contributed by atoms with van der Waals surface area (Å²) in [7, 11) is 0. The Morgan fingerprint density at radius 3 is 2.74 bits per heavy atom. The van der Waals surface area contributed by atoms with E-state index in [9.17, 15) is 4.79 Å². The summed E-state index contributed by atoms with van der Waals surface area (Å²) in [5, 5.41) is 9.01. The van der Waals surface area contributed by atoms with E-state index < -0.39 is 0 Å². The van der Waals surface area contributed by atoms with E-state index in [-0.39, 0.29) is 5.78 Å². The largest absolute Gasteiger partial charge is 0.294 e. The molecule has 0 aliphatic heterocycles. The normalized spacial score (nSPS) is 10.8. The number of aromatic nitrogens is 3. The van der Waals surface area contributed by atoms with Crippen LogP contribution in [0.3, 0.4) is 0 Å². The highest BCUT2D eigenvalue weighted by Crippen LogP contribution is 2.29. The molecule has 0 N–H and O–H groups in total. The summed E-state index contributed by atoms with van der Waals surface area (Å²) in [6.45, 7) is 1.57. The van der Waals surface area contributed by atoms with Gasteiger partial charge >= 0.3 is 0 Å². The zero-order chi connectivity index (χ0) is 13.2. The summed E-state index contributed by atoms with van der Waals surface area (Å²) < 4.78 is 1.90. The summed E-state index contributed by atoms with van der Waals surface area (Å²) in [5.74, 6) is 0.0527. The van der Waals surface area contributed by atoms with Crippen LogP contribution in [0.1, 0.15) is 17.3 Å². The van der Waals surface area contributed by atoms with E-state index >= 15 is 0 Å². The van der Waals surface area contributed by atoms with Crippen molar-refractivity contribution in [1.82, 2.24) is 14.6 Å². The number of pyridine rings is 1. The molecule has 5 heteroatoms. The minimum Gasteiger partial charge on any atom is -0.294 e. The highest BCUT2D eigenvalue weighted by molar-refractivity contribution is 7.99. The minimum atomic E-state index is 0.0527. The van der Waals surface area contributed by atoms with Crippen molar-refractivity contribution in [3.8, 4) is 0 Å². The number of ketones is 1. The van der Waals surface area contributed by atoms with E-state index in [0.717, 1.165) is 15.7 Å². The Bertz CT molecular complexity index is 751. The first-order valence-electron chi connectivity index (χ1n) is 5.83. The standard InChI is InChI=1S/C14H11N3OS/c1-10(18)11-6-2-3-7-12(11)19-14-16-15-13-8-4-5-9-17(13)14/h2-9H,1H3. The van der Waals surface area contributed by atoms with Crippen molar-refractivity contribution in [3.05, 3.63) is 54.2 Å². The molecule has 4 nitrogen and oxygen atoms in total. The van der Waals surface area contributed by atoms with Crippen molar-refractivity contribution in [2.24, 2.45) is 0 Å². The maximum absolute atomic E-state index is 11.6. The van der Waals surface area contributed by atoms with Gasteiger partial charge in [0, 0.05) is 16.7 Å². The van der Waals surface area contributed by atoms with Crippen LogP contribution >= 0.6 is 11.8 Å². The number of nitrogens with zero attached hydrogens (tertiary/aromatic N) is 3. The van der Waals surface area contributed by atoms with Crippen LogP contribution < -0.4 is 0 Å². The molecule has 0 aliphatic carbocycles. The van der Waals surface area contributed by atoms with Gasteiger partial charge in [0.2, 0.25) is 0 Å². The van der Waals surface area contributed by atoms with Gasteiger partial charge < -0.3 is 0 Å². The van der Waals surface area contributed by atoms with Gasteiger partial charge in [0.1, 0.15) is 0 Å². The third-order valence-corrected chi connectivity index (χ3v) is 3.79. The molecule has 2 heterocycles. The lowest BCUT2D eigenvalue weighted by atomic mass is 10.1. The molecule has 0 amide bonds. The summed E-state index contributed by atoms with van der Waals surface area (Å²) in [6.07, 6.45) is 1.91. The van der Waals surface area contributed by atoms with E-state index in [0.29, 0.717) is 5.56 Å². The molecule has 0 bridgehead atoms. The van der Waals surface area contributed by atoms with Gasteiger partial charge in [-0.2, -0.15) is 0 Å². The lowest BCUT2D eigenvalue weighted by Gasteiger charge is -2.04. The molecular weight excluding hydrogens is 258 g/mol. The lowest BCUT2D eigenvalue weighted by molar-refractivity contribution is 0.101. The number of fused-ring (bicyclic) bond motifs is 1. The van der Waals surface area contributed by atoms with Crippen LogP contribution in [0, 0.1) is 0 Å². The fourth-order valence-corrected chi connectivity index (χ4v) is 2.83. The number of hydrogen-bond acceptors (Lipinski definition) is 4. The van der Waals surface area contributed by atoms with Gasteiger partial charge in [-0.15, -0.1) is 10.2 Å². The first-order chi connectivity index (χ1) is 9.25. The molecule has 2 aromatic heterocycles. The Labute approximate surface area is 114 Å². The van der Waals surface area contributed by atoms with Crippen molar-refractivity contribution in [3.63, 3.8) is 0 Å². The molecule has 0 aliphatic rings. The summed E-state index contributed by atoms with van der Waals surface area (Å²) in [4.78, 5) is 12.5. The first kappa shape index (κ1) is 11.9. The molecule has 0 unspecified atom stereocenters. The summed E-state index contributed by atoms with van der Waals surface area (Å²) >= 11 is 1.45. The van der Waals surface area contributed by atoms with Crippen molar-refractivity contribution in [1.29, 1.82) is 0 Å². The first-order valence-corrected chi connectivity index (χ1v) is 6.65. The predicted molar refractivity (Wildman–Crippen MR) is 73.6 cm³/mol. The second-order valence-corrected chi connectivity index (χ2v) is 5.07. The monoisotopic (exact) mass is 269 g/mol. The van der Waals surface area contributed by atoms with Crippen molar-refractivity contribution in [2.45, 2.75) is 17.0 Å². The second-order valence-electron chi connectivity index (χ2n) is 4.07. The van der Waals surface area contributed by atoms with Crippen LogP contribution in [0.4, 0.5) is 0 Å². The van der Waals surface area contributed by atoms with E-state index in [1.54, 1.807) is 6.92 Å². The van der Waals surface area contributed by atoms with Gasteiger partial charge in [0.25, 0.3) is 0 Å². The number of benzene rings is 1. The predicted octanol–water partition coefficient (Wildman–Crippen LogP) is 3.08. The average Bonchev–Trinajstić information content (AvgIpc) is 2.83. The van der Waals surface area contributed by atoms with Crippen LogP contribution in [0.2, 0.25) is 0 Å². The maximum atomic E-state index is 11.6. The van der Waals surface area contributed by atoms with Crippen LogP contribution in [-0.4, -0.2) is 20.4 Å². The van der Waals surface area contributed by atoms with Gasteiger partial charge in [0.15, 0.2) is 16.6 Å². The van der Waals surface area contributed by atoms with Crippen LogP contribution in [-0.2, 0) is 0 Å². The van der Waals surface area contributed by atoms with Gasteiger partial charge in [-0.05, 0) is 36.9 Å². The Morgan fingerprint density at radius 2 is 1.89 bits per heavy atom. The Morgan fingerprint density at radius 1 is 1.11 bits per heavy atom.